The fourth-order valence-electron chi connectivity index (χ4n) is 1.53. The van der Waals surface area contributed by atoms with Gasteiger partial charge in [0.15, 0.2) is 5.16 Å². The highest BCUT2D eigenvalue weighted by molar-refractivity contribution is 7.98. The van der Waals surface area contributed by atoms with Crippen LogP contribution in [0.2, 0.25) is 0 Å². The number of ether oxygens (including phenoxy) is 1. The van der Waals surface area contributed by atoms with Crippen LogP contribution in [0.4, 0.5) is 0 Å². The molecule has 2 rings (SSSR count). The largest absolute Gasteiger partial charge is 0.372 e. The number of aromatic nitrogens is 2. The monoisotopic (exact) mass is 212 g/mol. The first-order valence-corrected chi connectivity index (χ1v) is 5.79. The summed E-state index contributed by atoms with van der Waals surface area (Å²) in [5.41, 5.74) is 0.658. The number of hydrogen-bond acceptors (Lipinski definition) is 4. The van der Waals surface area contributed by atoms with E-state index in [1.807, 2.05) is 6.26 Å². The van der Waals surface area contributed by atoms with Crippen molar-refractivity contribution in [3.05, 3.63) is 22.1 Å². The predicted molar refractivity (Wildman–Crippen MR) is 54.6 cm³/mol. The molecule has 5 heteroatoms. The molecule has 2 heterocycles. The van der Waals surface area contributed by atoms with Gasteiger partial charge in [0.05, 0.1) is 11.8 Å². The maximum absolute atomic E-state index is 11.3. The Bertz CT molecular complexity index is 371. The molecule has 14 heavy (non-hydrogen) atoms. The first-order chi connectivity index (χ1) is 6.79. The van der Waals surface area contributed by atoms with Gasteiger partial charge in [0.25, 0.3) is 5.56 Å². The molecule has 4 nitrogen and oxygen atoms in total. The molecule has 0 aromatic carbocycles. The molecule has 1 aliphatic heterocycles. The van der Waals surface area contributed by atoms with Crippen molar-refractivity contribution in [2.75, 3.05) is 12.9 Å². The normalized spacial score (nSPS) is 21.4. The van der Waals surface area contributed by atoms with E-state index >= 15 is 0 Å². The second kappa shape index (κ2) is 4.14. The Morgan fingerprint density at radius 1 is 1.71 bits per heavy atom. The number of nitrogens with zero attached hydrogens (tertiary/aromatic N) is 1. The summed E-state index contributed by atoms with van der Waals surface area (Å²) < 4.78 is 5.47. The SMILES string of the molecule is CSc1nc(C2CCCO2)cc(=O)[nH]1. The van der Waals surface area contributed by atoms with Crippen LogP contribution >= 0.6 is 11.8 Å². The lowest BCUT2D eigenvalue weighted by atomic mass is 10.2. The van der Waals surface area contributed by atoms with Gasteiger partial charge in [0.1, 0.15) is 0 Å². The van der Waals surface area contributed by atoms with Gasteiger partial charge >= 0.3 is 0 Å². The van der Waals surface area contributed by atoms with E-state index in [9.17, 15) is 4.79 Å². The van der Waals surface area contributed by atoms with Gasteiger partial charge in [-0.3, -0.25) is 4.79 Å². The summed E-state index contributed by atoms with van der Waals surface area (Å²) in [6.07, 6.45) is 3.92. The van der Waals surface area contributed by atoms with Crippen molar-refractivity contribution < 1.29 is 4.74 Å². The summed E-state index contributed by atoms with van der Waals surface area (Å²) in [6.45, 7) is 0.772. The topological polar surface area (TPSA) is 55.0 Å². The van der Waals surface area contributed by atoms with E-state index in [1.165, 1.54) is 17.8 Å². The molecular weight excluding hydrogens is 200 g/mol. The fourth-order valence-corrected chi connectivity index (χ4v) is 1.93. The zero-order valence-electron chi connectivity index (χ0n) is 7.95. The van der Waals surface area contributed by atoms with Crippen molar-refractivity contribution in [2.45, 2.75) is 24.1 Å². The molecular formula is C9H12N2O2S. The van der Waals surface area contributed by atoms with Crippen LogP contribution in [0.1, 0.15) is 24.6 Å². The van der Waals surface area contributed by atoms with Crippen LogP contribution in [0.5, 0.6) is 0 Å². The Balaban J connectivity index is 2.32. The predicted octanol–water partition coefficient (Wildman–Crippen LogP) is 1.34. The molecule has 0 spiro atoms. The highest BCUT2D eigenvalue weighted by Crippen LogP contribution is 2.26. The maximum Gasteiger partial charge on any atom is 0.251 e. The summed E-state index contributed by atoms with van der Waals surface area (Å²) in [4.78, 5) is 18.2. The molecule has 1 saturated heterocycles. The zero-order chi connectivity index (χ0) is 9.97. The number of hydrogen-bond donors (Lipinski definition) is 1. The van der Waals surface area contributed by atoms with Crippen molar-refractivity contribution in [3.63, 3.8) is 0 Å². The van der Waals surface area contributed by atoms with Crippen LogP contribution < -0.4 is 5.56 Å². The van der Waals surface area contributed by atoms with Gasteiger partial charge in [0.2, 0.25) is 0 Å². The molecule has 0 saturated carbocycles. The molecule has 1 unspecified atom stereocenters. The summed E-state index contributed by atoms with van der Waals surface area (Å²) in [5.74, 6) is 0. The Hall–Kier alpha value is -0.810. The van der Waals surface area contributed by atoms with Crippen LogP contribution in [0.15, 0.2) is 16.0 Å². The molecule has 0 bridgehead atoms. The van der Waals surface area contributed by atoms with E-state index in [0.717, 1.165) is 25.1 Å². The summed E-state index contributed by atoms with van der Waals surface area (Å²) in [5, 5.41) is 0.656. The van der Waals surface area contributed by atoms with E-state index in [-0.39, 0.29) is 11.7 Å². The summed E-state index contributed by atoms with van der Waals surface area (Å²) in [7, 11) is 0. The van der Waals surface area contributed by atoms with Crippen molar-refractivity contribution in [1.29, 1.82) is 0 Å². The Morgan fingerprint density at radius 2 is 2.57 bits per heavy atom. The minimum atomic E-state index is -0.102. The van der Waals surface area contributed by atoms with Gasteiger partial charge in [-0.1, -0.05) is 11.8 Å². The van der Waals surface area contributed by atoms with Gasteiger partial charge in [-0.15, -0.1) is 0 Å². The minimum Gasteiger partial charge on any atom is -0.372 e. The Labute approximate surface area is 86.1 Å². The fraction of sp³-hybridized carbons (Fsp3) is 0.556. The van der Waals surface area contributed by atoms with Gasteiger partial charge in [-0.25, -0.2) is 4.98 Å². The lowest BCUT2D eigenvalue weighted by Gasteiger charge is -2.08. The third-order valence-electron chi connectivity index (χ3n) is 2.19. The lowest BCUT2D eigenvalue weighted by molar-refractivity contribution is 0.108. The molecule has 1 aliphatic rings. The van der Waals surface area contributed by atoms with Gasteiger partial charge in [0, 0.05) is 12.7 Å². The highest BCUT2D eigenvalue weighted by Gasteiger charge is 2.19. The van der Waals surface area contributed by atoms with E-state index < -0.39 is 0 Å². The molecule has 0 aliphatic carbocycles. The zero-order valence-corrected chi connectivity index (χ0v) is 8.76. The number of rotatable bonds is 2. The molecule has 1 fully saturated rings. The first-order valence-electron chi connectivity index (χ1n) is 4.56. The van der Waals surface area contributed by atoms with E-state index in [4.69, 9.17) is 4.74 Å². The Kier molecular flexibility index (Phi) is 2.88. The molecule has 1 N–H and O–H groups in total. The van der Waals surface area contributed by atoms with Gasteiger partial charge < -0.3 is 9.72 Å². The summed E-state index contributed by atoms with van der Waals surface area (Å²) >= 11 is 1.43. The van der Waals surface area contributed by atoms with Crippen LogP contribution in [-0.4, -0.2) is 22.8 Å². The first kappa shape index (κ1) is 9.73. The van der Waals surface area contributed by atoms with Crippen LogP contribution in [0.3, 0.4) is 0 Å². The number of thioether (sulfide) groups is 1. The number of aromatic amines is 1. The maximum atomic E-state index is 11.3. The minimum absolute atomic E-state index is 0.0169. The Morgan fingerprint density at radius 3 is 3.21 bits per heavy atom. The molecule has 76 valence electrons. The van der Waals surface area contributed by atoms with Crippen LogP contribution in [0.25, 0.3) is 0 Å². The highest BCUT2D eigenvalue weighted by atomic mass is 32.2. The second-order valence-corrected chi connectivity index (χ2v) is 3.98. The summed E-state index contributed by atoms with van der Waals surface area (Å²) in [6, 6.07) is 1.52. The number of nitrogens with one attached hydrogen (secondary N) is 1. The molecule has 0 radical (unpaired) electrons. The standard InChI is InChI=1S/C9H12N2O2S/c1-14-9-10-6(5-8(12)11-9)7-3-2-4-13-7/h5,7H,2-4H2,1H3,(H,10,11,12). The van der Waals surface area contributed by atoms with Crippen molar-refractivity contribution in [1.82, 2.24) is 9.97 Å². The average Bonchev–Trinajstić information content (AvgIpc) is 2.69. The van der Waals surface area contributed by atoms with E-state index in [0.29, 0.717) is 5.16 Å². The molecule has 1 aromatic heterocycles. The van der Waals surface area contributed by atoms with Crippen molar-refractivity contribution in [3.8, 4) is 0 Å². The van der Waals surface area contributed by atoms with E-state index in [2.05, 4.69) is 9.97 Å². The molecule has 1 aromatic rings. The van der Waals surface area contributed by atoms with Gasteiger partial charge in [-0.05, 0) is 19.1 Å². The number of H-pyrrole nitrogens is 1. The van der Waals surface area contributed by atoms with Crippen LogP contribution in [-0.2, 0) is 4.74 Å². The third-order valence-corrected chi connectivity index (χ3v) is 2.77. The van der Waals surface area contributed by atoms with E-state index in [1.54, 1.807) is 0 Å². The van der Waals surface area contributed by atoms with Gasteiger partial charge in [-0.2, -0.15) is 0 Å². The quantitative estimate of drug-likeness (QED) is 0.594. The van der Waals surface area contributed by atoms with Crippen molar-refractivity contribution >= 4 is 11.8 Å². The lowest BCUT2D eigenvalue weighted by Crippen LogP contribution is -2.12. The van der Waals surface area contributed by atoms with Crippen LogP contribution in [0, 0.1) is 0 Å². The third kappa shape index (κ3) is 1.99. The second-order valence-electron chi connectivity index (χ2n) is 3.18. The smallest absolute Gasteiger partial charge is 0.251 e. The van der Waals surface area contributed by atoms with Crippen molar-refractivity contribution in [2.24, 2.45) is 0 Å². The molecule has 1 atom stereocenters. The average molecular weight is 212 g/mol. The molecule has 0 amide bonds.